The van der Waals surface area contributed by atoms with Crippen LogP contribution in [0.25, 0.3) is 0 Å². The predicted octanol–water partition coefficient (Wildman–Crippen LogP) is 1.92. The molecule has 7 nitrogen and oxygen atoms in total. The van der Waals surface area contributed by atoms with E-state index in [1.807, 2.05) is 9.80 Å². The third-order valence-corrected chi connectivity index (χ3v) is 6.66. The third kappa shape index (κ3) is 3.66. The van der Waals surface area contributed by atoms with Crippen LogP contribution < -0.4 is 0 Å². The standard InChI is InChI=1S/C21H28N4O3/c1-23-13-16(12-22)11-18(23)20(27)24-8-6-21(7-9-24)5-4-19(26)25(15-21)14-17-3-2-10-28-17/h11,13,17H,2-10,14-15H2,1H3/t17-/m1/s1. The fraction of sp³-hybridized carbons (Fsp3) is 0.667. The summed E-state index contributed by atoms with van der Waals surface area (Å²) in [5, 5.41) is 9.05. The predicted molar refractivity (Wildman–Crippen MR) is 102 cm³/mol. The highest BCUT2D eigenvalue weighted by Crippen LogP contribution is 2.40. The molecule has 0 unspecified atom stereocenters. The molecule has 3 fully saturated rings. The molecule has 28 heavy (non-hydrogen) atoms. The van der Waals surface area contributed by atoms with Crippen molar-refractivity contribution in [2.24, 2.45) is 12.5 Å². The molecule has 1 aromatic rings. The monoisotopic (exact) mass is 384 g/mol. The second-order valence-electron chi connectivity index (χ2n) is 8.54. The first kappa shape index (κ1) is 19.0. The quantitative estimate of drug-likeness (QED) is 0.798. The van der Waals surface area contributed by atoms with Crippen molar-refractivity contribution in [3.05, 3.63) is 23.5 Å². The van der Waals surface area contributed by atoms with Crippen LogP contribution in [0.3, 0.4) is 0 Å². The zero-order valence-corrected chi connectivity index (χ0v) is 16.5. The van der Waals surface area contributed by atoms with E-state index in [0.717, 1.165) is 45.3 Å². The summed E-state index contributed by atoms with van der Waals surface area (Å²) in [6.45, 7) is 3.71. The van der Waals surface area contributed by atoms with Crippen molar-refractivity contribution in [1.82, 2.24) is 14.4 Å². The molecule has 0 bridgehead atoms. The minimum absolute atomic E-state index is 0.0121. The maximum Gasteiger partial charge on any atom is 0.270 e. The van der Waals surface area contributed by atoms with Crippen molar-refractivity contribution < 1.29 is 14.3 Å². The summed E-state index contributed by atoms with van der Waals surface area (Å²) >= 11 is 0. The van der Waals surface area contributed by atoms with Gasteiger partial charge in [-0.15, -0.1) is 0 Å². The number of likely N-dealkylation sites (tertiary alicyclic amines) is 2. The first-order valence-electron chi connectivity index (χ1n) is 10.2. The van der Waals surface area contributed by atoms with E-state index in [0.29, 0.717) is 37.3 Å². The molecule has 3 saturated heterocycles. The molecule has 0 N–H and O–H groups in total. The zero-order valence-electron chi connectivity index (χ0n) is 16.5. The SMILES string of the molecule is Cn1cc(C#N)cc1C(=O)N1CCC2(CCC(=O)N(C[C@H]3CCCO3)C2)CC1. The van der Waals surface area contributed by atoms with E-state index >= 15 is 0 Å². The van der Waals surface area contributed by atoms with Crippen molar-refractivity contribution in [3.8, 4) is 6.07 Å². The van der Waals surface area contributed by atoms with Gasteiger partial charge in [0.15, 0.2) is 0 Å². The Morgan fingerprint density at radius 2 is 2.14 bits per heavy atom. The summed E-state index contributed by atoms with van der Waals surface area (Å²) in [7, 11) is 1.80. The molecule has 150 valence electrons. The van der Waals surface area contributed by atoms with Crippen molar-refractivity contribution >= 4 is 11.8 Å². The first-order chi connectivity index (χ1) is 13.5. The van der Waals surface area contributed by atoms with E-state index in [1.165, 1.54) is 0 Å². The Morgan fingerprint density at radius 3 is 2.79 bits per heavy atom. The molecular weight excluding hydrogens is 356 g/mol. The van der Waals surface area contributed by atoms with Gasteiger partial charge in [0.25, 0.3) is 5.91 Å². The van der Waals surface area contributed by atoms with Crippen LogP contribution in [0.15, 0.2) is 12.3 Å². The maximum atomic E-state index is 12.9. The van der Waals surface area contributed by atoms with E-state index < -0.39 is 0 Å². The number of carbonyl (C=O) groups is 2. The lowest BCUT2D eigenvalue weighted by Gasteiger charge is -2.47. The Kier molecular flexibility index (Phi) is 5.15. The molecule has 2 amide bonds. The topological polar surface area (TPSA) is 78.6 Å². The summed E-state index contributed by atoms with van der Waals surface area (Å²) in [5.41, 5.74) is 1.19. The Balaban J connectivity index is 1.38. The van der Waals surface area contributed by atoms with E-state index in [9.17, 15) is 9.59 Å². The Labute approximate surface area is 165 Å². The van der Waals surface area contributed by atoms with Crippen LogP contribution in [0, 0.1) is 16.7 Å². The van der Waals surface area contributed by atoms with Gasteiger partial charge in [-0.3, -0.25) is 9.59 Å². The minimum Gasteiger partial charge on any atom is -0.376 e. The number of rotatable bonds is 3. The van der Waals surface area contributed by atoms with Gasteiger partial charge < -0.3 is 19.1 Å². The molecule has 0 aliphatic carbocycles. The van der Waals surface area contributed by atoms with Crippen molar-refractivity contribution in [2.45, 2.75) is 44.6 Å². The van der Waals surface area contributed by atoms with E-state index in [-0.39, 0.29) is 23.3 Å². The fourth-order valence-electron chi connectivity index (χ4n) is 4.90. The van der Waals surface area contributed by atoms with Gasteiger partial charge in [0, 0.05) is 52.5 Å². The number of ether oxygens (including phenoxy) is 1. The molecule has 0 radical (unpaired) electrons. The number of hydrogen-bond donors (Lipinski definition) is 0. The second-order valence-corrected chi connectivity index (χ2v) is 8.54. The van der Waals surface area contributed by atoms with Crippen LogP contribution in [0.2, 0.25) is 0 Å². The smallest absolute Gasteiger partial charge is 0.270 e. The Hall–Kier alpha value is -2.33. The molecule has 1 aromatic heterocycles. The van der Waals surface area contributed by atoms with Crippen molar-refractivity contribution in [1.29, 1.82) is 5.26 Å². The van der Waals surface area contributed by atoms with Gasteiger partial charge in [0.1, 0.15) is 11.8 Å². The van der Waals surface area contributed by atoms with Crippen LogP contribution in [-0.2, 0) is 16.6 Å². The molecule has 3 aliphatic heterocycles. The summed E-state index contributed by atoms with van der Waals surface area (Å²) in [5.74, 6) is 0.231. The fourth-order valence-corrected chi connectivity index (χ4v) is 4.90. The molecule has 7 heteroatoms. The van der Waals surface area contributed by atoms with Crippen molar-refractivity contribution in [3.63, 3.8) is 0 Å². The van der Waals surface area contributed by atoms with Gasteiger partial charge in [-0.05, 0) is 43.6 Å². The maximum absolute atomic E-state index is 12.9. The highest BCUT2D eigenvalue weighted by Gasteiger charge is 2.42. The largest absolute Gasteiger partial charge is 0.376 e. The number of piperidine rings is 2. The van der Waals surface area contributed by atoms with E-state index in [2.05, 4.69) is 6.07 Å². The lowest BCUT2D eigenvalue weighted by Crippen LogP contribution is -2.53. The number of nitriles is 1. The zero-order chi connectivity index (χ0) is 19.7. The molecule has 4 heterocycles. The third-order valence-electron chi connectivity index (χ3n) is 6.66. The second kappa shape index (κ2) is 7.59. The normalized spacial score (nSPS) is 24.6. The number of amides is 2. The highest BCUT2D eigenvalue weighted by molar-refractivity contribution is 5.93. The van der Waals surface area contributed by atoms with Crippen LogP contribution in [-0.4, -0.2) is 65.1 Å². The molecule has 3 aliphatic rings. The first-order valence-corrected chi connectivity index (χ1v) is 10.2. The van der Waals surface area contributed by atoms with Crippen LogP contribution in [0.4, 0.5) is 0 Å². The summed E-state index contributed by atoms with van der Waals surface area (Å²) in [6.07, 6.45) is 7.36. The number of carbonyl (C=O) groups excluding carboxylic acids is 2. The van der Waals surface area contributed by atoms with E-state index in [4.69, 9.17) is 10.00 Å². The Bertz CT molecular complexity index is 795. The van der Waals surface area contributed by atoms with Crippen molar-refractivity contribution in [2.75, 3.05) is 32.8 Å². The molecule has 4 rings (SSSR count). The summed E-state index contributed by atoms with van der Waals surface area (Å²) in [6, 6.07) is 3.75. The summed E-state index contributed by atoms with van der Waals surface area (Å²) < 4.78 is 7.46. The number of aromatic nitrogens is 1. The molecule has 1 atom stereocenters. The lowest BCUT2D eigenvalue weighted by atomic mass is 9.72. The number of nitrogens with zero attached hydrogens (tertiary/aromatic N) is 4. The van der Waals surface area contributed by atoms with E-state index in [1.54, 1.807) is 23.9 Å². The molecule has 0 aromatic carbocycles. The average molecular weight is 384 g/mol. The molecule has 0 saturated carbocycles. The van der Waals surface area contributed by atoms with Gasteiger partial charge in [-0.25, -0.2) is 0 Å². The van der Waals surface area contributed by atoms with Gasteiger partial charge in [-0.2, -0.15) is 5.26 Å². The molecule has 1 spiro atoms. The minimum atomic E-state index is -0.0121. The average Bonchev–Trinajstić information content (AvgIpc) is 3.34. The summed E-state index contributed by atoms with van der Waals surface area (Å²) in [4.78, 5) is 29.2. The van der Waals surface area contributed by atoms with Gasteiger partial charge >= 0.3 is 0 Å². The van der Waals surface area contributed by atoms with Crippen LogP contribution >= 0.6 is 0 Å². The van der Waals surface area contributed by atoms with Crippen LogP contribution in [0.5, 0.6) is 0 Å². The van der Waals surface area contributed by atoms with Gasteiger partial charge in [0.05, 0.1) is 11.7 Å². The highest BCUT2D eigenvalue weighted by atomic mass is 16.5. The lowest BCUT2D eigenvalue weighted by molar-refractivity contribution is -0.141. The van der Waals surface area contributed by atoms with Gasteiger partial charge in [0.2, 0.25) is 5.91 Å². The number of hydrogen-bond acceptors (Lipinski definition) is 4. The van der Waals surface area contributed by atoms with Crippen LogP contribution in [0.1, 0.15) is 54.6 Å². The molecular formula is C21H28N4O3. The van der Waals surface area contributed by atoms with Gasteiger partial charge in [-0.1, -0.05) is 0 Å². The number of aryl methyl sites for hydroxylation is 1. The Morgan fingerprint density at radius 1 is 1.36 bits per heavy atom.